The van der Waals surface area contributed by atoms with Crippen molar-refractivity contribution in [3.8, 4) is 0 Å². The molecular weight excluding hydrogens is 148 g/mol. The Balaban J connectivity index is 2.08. The van der Waals surface area contributed by atoms with E-state index >= 15 is 0 Å². The molecule has 3 heteroatoms. The molecule has 0 radical (unpaired) electrons. The maximum absolute atomic E-state index is 12.9. The van der Waals surface area contributed by atoms with Crippen LogP contribution < -0.4 is 5.73 Å². The summed E-state index contributed by atoms with van der Waals surface area (Å²) >= 11 is 0. The number of hydrogen-bond acceptors (Lipinski definition) is 1. The lowest BCUT2D eigenvalue weighted by molar-refractivity contribution is -0.0601. The molecule has 2 bridgehead atoms. The summed E-state index contributed by atoms with van der Waals surface area (Å²) in [6.07, 6.45) is 1.47. The van der Waals surface area contributed by atoms with Gasteiger partial charge in [0.25, 0.3) is 5.92 Å². The quantitative estimate of drug-likeness (QED) is 0.621. The minimum Gasteiger partial charge on any atom is -0.330 e. The van der Waals surface area contributed by atoms with Gasteiger partial charge in [-0.05, 0) is 31.2 Å². The Hall–Kier alpha value is -0.180. The van der Waals surface area contributed by atoms with E-state index in [4.69, 9.17) is 5.73 Å². The normalized spacial score (nSPS) is 46.6. The SMILES string of the molecule is NCC1CC2CC1CC2(F)F. The first-order valence-corrected chi connectivity index (χ1v) is 4.21. The summed E-state index contributed by atoms with van der Waals surface area (Å²) in [4.78, 5) is 0. The molecule has 0 spiro atoms. The fourth-order valence-corrected chi connectivity index (χ4v) is 2.61. The fraction of sp³-hybridized carbons (Fsp3) is 1.00. The minimum atomic E-state index is -2.36. The van der Waals surface area contributed by atoms with Crippen LogP contribution in [-0.2, 0) is 0 Å². The highest BCUT2D eigenvalue weighted by Crippen LogP contribution is 2.55. The van der Waals surface area contributed by atoms with Gasteiger partial charge in [-0.2, -0.15) is 0 Å². The van der Waals surface area contributed by atoms with Crippen molar-refractivity contribution in [2.45, 2.75) is 25.2 Å². The standard InChI is InChI=1S/C8H13F2N/c9-8(10)3-5-1-7(8)2-6(5)4-11/h5-7H,1-4,11H2. The van der Waals surface area contributed by atoms with E-state index in [0.717, 1.165) is 6.42 Å². The number of rotatable bonds is 1. The van der Waals surface area contributed by atoms with Gasteiger partial charge in [0.05, 0.1) is 0 Å². The summed E-state index contributed by atoms with van der Waals surface area (Å²) in [5.41, 5.74) is 5.46. The van der Waals surface area contributed by atoms with Crippen LogP contribution in [0.5, 0.6) is 0 Å². The molecule has 2 fully saturated rings. The van der Waals surface area contributed by atoms with Crippen LogP contribution in [-0.4, -0.2) is 12.5 Å². The molecule has 0 aromatic heterocycles. The van der Waals surface area contributed by atoms with Crippen LogP contribution in [0, 0.1) is 17.8 Å². The van der Waals surface area contributed by atoms with E-state index in [-0.39, 0.29) is 18.3 Å². The lowest BCUT2D eigenvalue weighted by Gasteiger charge is -2.26. The Morgan fingerprint density at radius 3 is 2.45 bits per heavy atom. The zero-order valence-electron chi connectivity index (χ0n) is 6.39. The second-order valence-electron chi connectivity index (χ2n) is 3.89. The molecule has 2 rings (SSSR count). The van der Waals surface area contributed by atoms with E-state index in [1.54, 1.807) is 0 Å². The van der Waals surface area contributed by atoms with Crippen LogP contribution >= 0.6 is 0 Å². The van der Waals surface area contributed by atoms with Gasteiger partial charge in [0, 0.05) is 12.3 Å². The van der Waals surface area contributed by atoms with Crippen molar-refractivity contribution in [1.29, 1.82) is 0 Å². The third-order valence-corrected chi connectivity index (χ3v) is 3.28. The maximum Gasteiger partial charge on any atom is 0.251 e. The summed E-state index contributed by atoms with van der Waals surface area (Å²) in [6, 6.07) is 0. The molecule has 11 heavy (non-hydrogen) atoms. The van der Waals surface area contributed by atoms with Gasteiger partial charge in [0.1, 0.15) is 0 Å². The van der Waals surface area contributed by atoms with E-state index in [1.165, 1.54) is 0 Å². The molecule has 0 heterocycles. The molecule has 2 aliphatic carbocycles. The number of nitrogens with two attached hydrogens (primary N) is 1. The van der Waals surface area contributed by atoms with Crippen molar-refractivity contribution in [2.75, 3.05) is 6.54 Å². The van der Waals surface area contributed by atoms with Gasteiger partial charge in [-0.3, -0.25) is 0 Å². The predicted molar refractivity (Wildman–Crippen MR) is 38.3 cm³/mol. The second kappa shape index (κ2) is 2.16. The van der Waals surface area contributed by atoms with Crippen molar-refractivity contribution >= 4 is 0 Å². The fourth-order valence-electron chi connectivity index (χ4n) is 2.61. The summed E-state index contributed by atoms with van der Waals surface area (Å²) < 4.78 is 25.8. The zero-order chi connectivity index (χ0) is 8.06. The molecule has 3 unspecified atom stereocenters. The Kier molecular flexibility index (Phi) is 1.46. The molecule has 64 valence electrons. The van der Waals surface area contributed by atoms with Crippen molar-refractivity contribution < 1.29 is 8.78 Å². The maximum atomic E-state index is 12.9. The van der Waals surface area contributed by atoms with Gasteiger partial charge in [-0.25, -0.2) is 8.78 Å². The minimum absolute atomic E-state index is 0.0968. The summed E-state index contributed by atoms with van der Waals surface area (Å²) in [7, 11) is 0. The highest BCUT2D eigenvalue weighted by atomic mass is 19.3. The van der Waals surface area contributed by atoms with Gasteiger partial charge < -0.3 is 5.73 Å². The lowest BCUT2D eigenvalue weighted by Crippen LogP contribution is -2.31. The smallest absolute Gasteiger partial charge is 0.251 e. The van der Waals surface area contributed by atoms with Gasteiger partial charge >= 0.3 is 0 Å². The van der Waals surface area contributed by atoms with E-state index in [2.05, 4.69) is 0 Å². The molecule has 0 aromatic rings. The Morgan fingerprint density at radius 2 is 2.09 bits per heavy atom. The molecule has 0 aliphatic heterocycles. The van der Waals surface area contributed by atoms with Gasteiger partial charge in [0.15, 0.2) is 0 Å². The Labute approximate surface area is 65.0 Å². The first kappa shape index (κ1) is 7.47. The van der Waals surface area contributed by atoms with Gasteiger partial charge in [0.2, 0.25) is 0 Å². The second-order valence-corrected chi connectivity index (χ2v) is 3.89. The van der Waals surface area contributed by atoms with Crippen LogP contribution in [0.25, 0.3) is 0 Å². The first-order valence-electron chi connectivity index (χ1n) is 4.21. The van der Waals surface area contributed by atoms with Crippen LogP contribution in [0.15, 0.2) is 0 Å². The van der Waals surface area contributed by atoms with E-state index in [1.807, 2.05) is 0 Å². The average molecular weight is 161 g/mol. The largest absolute Gasteiger partial charge is 0.330 e. The van der Waals surface area contributed by atoms with Crippen LogP contribution in [0.2, 0.25) is 0 Å². The Morgan fingerprint density at radius 1 is 1.36 bits per heavy atom. The summed E-state index contributed by atoms with van der Waals surface area (Å²) in [5.74, 6) is -2.10. The molecule has 0 saturated heterocycles. The van der Waals surface area contributed by atoms with Crippen molar-refractivity contribution in [3.05, 3.63) is 0 Å². The summed E-state index contributed by atoms with van der Waals surface area (Å²) in [5, 5.41) is 0. The highest BCUT2D eigenvalue weighted by molar-refractivity contribution is 4.99. The van der Waals surface area contributed by atoms with Gasteiger partial charge in [-0.15, -0.1) is 0 Å². The Bertz CT molecular complexity index is 169. The summed E-state index contributed by atoms with van der Waals surface area (Å²) in [6.45, 7) is 0.594. The van der Waals surface area contributed by atoms with Crippen molar-refractivity contribution in [1.82, 2.24) is 0 Å². The number of hydrogen-bond donors (Lipinski definition) is 1. The molecule has 1 nitrogen and oxygen atoms in total. The monoisotopic (exact) mass is 161 g/mol. The molecule has 2 aliphatic rings. The first-order chi connectivity index (χ1) is 5.13. The lowest BCUT2D eigenvalue weighted by atomic mass is 9.87. The molecule has 0 amide bonds. The van der Waals surface area contributed by atoms with Crippen LogP contribution in [0.3, 0.4) is 0 Å². The van der Waals surface area contributed by atoms with Crippen LogP contribution in [0.1, 0.15) is 19.3 Å². The van der Waals surface area contributed by atoms with Crippen molar-refractivity contribution in [3.63, 3.8) is 0 Å². The van der Waals surface area contributed by atoms with E-state index < -0.39 is 5.92 Å². The van der Waals surface area contributed by atoms with E-state index in [0.29, 0.717) is 18.9 Å². The predicted octanol–water partition coefficient (Wildman–Crippen LogP) is 1.63. The molecule has 2 saturated carbocycles. The highest BCUT2D eigenvalue weighted by Gasteiger charge is 2.55. The van der Waals surface area contributed by atoms with E-state index in [9.17, 15) is 8.78 Å². The third kappa shape index (κ3) is 0.975. The zero-order valence-corrected chi connectivity index (χ0v) is 6.39. The molecule has 3 atom stereocenters. The third-order valence-electron chi connectivity index (χ3n) is 3.28. The molecule has 0 aromatic carbocycles. The van der Waals surface area contributed by atoms with Crippen molar-refractivity contribution in [2.24, 2.45) is 23.5 Å². The molecule has 2 N–H and O–H groups in total. The average Bonchev–Trinajstić information content (AvgIpc) is 2.41. The number of alkyl halides is 2. The number of fused-ring (bicyclic) bond motifs is 2. The molecular formula is C8H13F2N. The topological polar surface area (TPSA) is 26.0 Å². The van der Waals surface area contributed by atoms with Gasteiger partial charge in [-0.1, -0.05) is 0 Å². The van der Waals surface area contributed by atoms with Crippen LogP contribution in [0.4, 0.5) is 8.78 Å². The number of halogens is 2.